The van der Waals surface area contributed by atoms with Gasteiger partial charge in [-0.25, -0.2) is 4.98 Å². The van der Waals surface area contributed by atoms with Crippen molar-refractivity contribution in [2.24, 2.45) is 5.92 Å². The summed E-state index contributed by atoms with van der Waals surface area (Å²) in [6.07, 6.45) is -0.368. The van der Waals surface area contributed by atoms with Gasteiger partial charge in [0.05, 0.1) is 10.5 Å². The van der Waals surface area contributed by atoms with Crippen LogP contribution in [0.1, 0.15) is 36.8 Å². The minimum Gasteiger partial charge on any atom is -0.433 e. The number of nitrogens with zero attached hydrogens (tertiary/aromatic N) is 4. The van der Waals surface area contributed by atoms with E-state index in [1.165, 1.54) is 0 Å². The van der Waals surface area contributed by atoms with Crippen LogP contribution in [0.3, 0.4) is 0 Å². The lowest BCUT2D eigenvalue weighted by Crippen LogP contribution is -2.47. The molecular weight excluding hydrogens is 562 g/mol. The van der Waals surface area contributed by atoms with Crippen molar-refractivity contribution < 1.29 is 27.9 Å². The Kier molecular flexibility index (Phi) is 14.1. The van der Waals surface area contributed by atoms with E-state index >= 15 is 0 Å². The molecular formula is C27H36B3F3N6O4. The first kappa shape index (κ1) is 35.7. The fourth-order valence-electron chi connectivity index (χ4n) is 5.17. The maximum Gasteiger partial charge on any atom is 0.416 e. The van der Waals surface area contributed by atoms with E-state index in [0.717, 1.165) is 50.2 Å². The first-order valence-corrected chi connectivity index (χ1v) is 13.9. The molecule has 43 heavy (non-hydrogen) atoms. The Bertz CT molecular complexity index is 1190. The number of amides is 1. The molecule has 4 rings (SSSR count). The van der Waals surface area contributed by atoms with E-state index in [4.69, 9.17) is 0 Å². The van der Waals surface area contributed by atoms with Crippen molar-refractivity contribution >= 4 is 45.6 Å². The second-order valence-corrected chi connectivity index (χ2v) is 10.2. The van der Waals surface area contributed by atoms with Crippen molar-refractivity contribution in [3.63, 3.8) is 0 Å². The smallest absolute Gasteiger partial charge is 0.416 e. The molecule has 4 radical (unpaired) electrons. The number of pyridine rings is 1. The summed E-state index contributed by atoms with van der Waals surface area (Å²) in [6.45, 7) is 10.9. The predicted molar refractivity (Wildman–Crippen MR) is 164 cm³/mol. The molecule has 1 amide bonds. The van der Waals surface area contributed by atoms with Gasteiger partial charge in [-0.05, 0) is 75.4 Å². The number of nitro groups is 1. The Morgan fingerprint density at radius 1 is 1.14 bits per heavy atom. The maximum atomic E-state index is 13.2. The number of carbonyl (C=O) groups excluding carboxylic acids is 1. The van der Waals surface area contributed by atoms with Crippen LogP contribution in [0.25, 0.3) is 0 Å². The molecule has 0 unspecified atom stereocenters. The van der Waals surface area contributed by atoms with Gasteiger partial charge in [0.25, 0.3) is 5.69 Å². The molecule has 2 saturated heterocycles. The lowest BCUT2D eigenvalue weighted by Gasteiger charge is -2.37. The first-order chi connectivity index (χ1) is 20.5. The number of nitro benzene ring substituents is 1. The zero-order chi connectivity index (χ0) is 32.2. The molecule has 2 aromatic rings. The molecule has 228 valence electrons. The lowest BCUT2D eigenvalue weighted by atomic mass is 9.81. The van der Waals surface area contributed by atoms with Gasteiger partial charge >= 0.3 is 13.2 Å². The number of rotatable bonds is 8. The molecule has 0 saturated carbocycles. The van der Waals surface area contributed by atoms with Crippen molar-refractivity contribution in [2.75, 3.05) is 36.7 Å². The molecule has 2 fully saturated rings. The number of benzene rings is 1. The Labute approximate surface area is 253 Å². The van der Waals surface area contributed by atoms with Crippen LogP contribution in [0.4, 0.5) is 30.4 Å². The van der Waals surface area contributed by atoms with E-state index in [-0.39, 0.29) is 23.6 Å². The number of hydrogen-bond donors (Lipinski definition) is 3. The number of likely N-dealkylation sites (tertiary alicyclic amines) is 2. The summed E-state index contributed by atoms with van der Waals surface area (Å²) in [6, 6.07) is 6.14. The Balaban J connectivity index is 0.00000155. The highest BCUT2D eigenvalue weighted by molar-refractivity contribution is 6.75. The molecule has 3 heterocycles. The first-order valence-electron chi connectivity index (χ1n) is 13.9. The molecule has 1 aromatic carbocycles. The molecule has 2 aliphatic heterocycles. The van der Waals surface area contributed by atoms with E-state index in [1.807, 2.05) is 17.0 Å². The average molecular weight is 598 g/mol. The number of nitrogens with one attached hydrogen (secondary N) is 2. The van der Waals surface area contributed by atoms with E-state index in [2.05, 4.69) is 49.1 Å². The molecule has 0 aliphatic carbocycles. The summed E-state index contributed by atoms with van der Waals surface area (Å²) in [7, 11) is 7.30. The monoisotopic (exact) mass is 598 g/mol. The van der Waals surface area contributed by atoms with Crippen LogP contribution in [0, 0.1) is 16.0 Å². The molecule has 2 aliphatic rings. The fourth-order valence-corrected chi connectivity index (χ4v) is 5.17. The van der Waals surface area contributed by atoms with E-state index < -0.39 is 29.4 Å². The highest BCUT2D eigenvalue weighted by Gasteiger charge is 2.34. The zero-order valence-corrected chi connectivity index (χ0v) is 24.2. The fraction of sp³-hybridized carbons (Fsp3) is 0.481. The van der Waals surface area contributed by atoms with Gasteiger partial charge in [0.15, 0.2) is 0 Å². The van der Waals surface area contributed by atoms with Crippen molar-refractivity contribution in [3.8, 4) is 0 Å². The quantitative estimate of drug-likeness (QED) is 0.181. The van der Waals surface area contributed by atoms with Gasteiger partial charge < -0.3 is 20.5 Å². The van der Waals surface area contributed by atoms with Gasteiger partial charge in [-0.2, -0.15) is 13.2 Å². The van der Waals surface area contributed by atoms with Crippen molar-refractivity contribution in [3.05, 3.63) is 70.9 Å². The number of piperidine rings is 2. The number of hydrogen-bond acceptors (Lipinski definition) is 8. The van der Waals surface area contributed by atoms with Crippen LogP contribution in [-0.2, 0) is 17.5 Å². The van der Waals surface area contributed by atoms with E-state index in [0.29, 0.717) is 37.8 Å². The maximum absolute atomic E-state index is 13.2. The van der Waals surface area contributed by atoms with Gasteiger partial charge in [-0.1, -0.05) is 0 Å². The summed E-state index contributed by atoms with van der Waals surface area (Å²) < 4.78 is 38.9. The Morgan fingerprint density at radius 2 is 1.77 bits per heavy atom. The summed E-state index contributed by atoms with van der Waals surface area (Å²) >= 11 is 0. The van der Waals surface area contributed by atoms with Gasteiger partial charge in [0.2, 0.25) is 5.91 Å². The third-order valence-electron chi connectivity index (χ3n) is 7.21. The van der Waals surface area contributed by atoms with Crippen molar-refractivity contribution in [1.29, 1.82) is 0 Å². The minimum atomic E-state index is -4.66. The third kappa shape index (κ3) is 10.6. The topological polar surface area (TPSA) is 124 Å². The van der Waals surface area contributed by atoms with E-state index in [9.17, 15) is 33.1 Å². The summed E-state index contributed by atoms with van der Waals surface area (Å²) in [4.78, 5) is 32.0. The normalized spacial score (nSPS) is 16.2. The predicted octanol–water partition coefficient (Wildman–Crippen LogP) is 3.89. The van der Waals surface area contributed by atoms with Crippen LogP contribution in [0.15, 0.2) is 49.7 Å². The van der Waals surface area contributed by atoms with Crippen LogP contribution >= 0.6 is 0 Å². The van der Waals surface area contributed by atoms with Crippen molar-refractivity contribution in [2.45, 2.75) is 51.3 Å². The SMILES string of the molecule is C=C.CB(O)Nc1cc(CN2CCC(C(=O)N3CCC(Nc4ccc(C(F)(F)F)cc4[N+](=O)[O-])CC3)CC2)ccn1.[B][B]. The number of carbonyl (C=O) groups is 1. The Morgan fingerprint density at radius 3 is 2.33 bits per heavy atom. The van der Waals surface area contributed by atoms with E-state index in [1.54, 1.807) is 13.0 Å². The van der Waals surface area contributed by atoms with Gasteiger partial charge in [0.1, 0.15) is 11.5 Å². The zero-order valence-electron chi connectivity index (χ0n) is 24.2. The molecule has 0 bridgehead atoms. The molecule has 10 nitrogen and oxygen atoms in total. The van der Waals surface area contributed by atoms with Crippen LogP contribution in [0.2, 0.25) is 6.82 Å². The second kappa shape index (κ2) is 16.9. The summed E-state index contributed by atoms with van der Waals surface area (Å²) in [5.74, 6) is 0.658. The summed E-state index contributed by atoms with van der Waals surface area (Å²) in [5, 5.41) is 26.7. The third-order valence-corrected chi connectivity index (χ3v) is 7.21. The van der Waals surface area contributed by atoms with Gasteiger partial charge in [0, 0.05) is 59.3 Å². The van der Waals surface area contributed by atoms with Crippen LogP contribution in [-0.4, -0.2) is 85.4 Å². The molecule has 0 spiro atoms. The largest absolute Gasteiger partial charge is 0.433 e. The molecule has 1 aromatic heterocycles. The number of anilines is 2. The standard InChI is InChI=1S/C25H32BF3N6O4.C2H4.B2/c1-26(37)32-23-14-17(4-9-30-23)16-33-10-5-18(6-11-33)24(36)34-12-7-20(8-13-34)31-21-3-2-19(25(27,28)29)15-22(21)35(38)39;2*1-2/h2-4,9,14-15,18,20,31,37H,5-8,10-13,16H2,1H3,(H,30,32);1-2H2;. The minimum absolute atomic E-state index is 0.0492. The number of aromatic nitrogens is 1. The highest BCUT2D eigenvalue weighted by atomic mass is 19.4. The Hall–Kier alpha value is -3.52. The van der Waals surface area contributed by atoms with Crippen LogP contribution < -0.4 is 10.5 Å². The number of halogens is 3. The molecule has 0 atom stereocenters. The highest BCUT2D eigenvalue weighted by Crippen LogP contribution is 2.36. The van der Waals surface area contributed by atoms with Gasteiger partial charge in [-0.3, -0.25) is 19.8 Å². The number of alkyl halides is 3. The summed E-state index contributed by atoms with van der Waals surface area (Å²) in [5.41, 5.74) is -0.559. The molecule has 3 N–H and O–H groups in total. The second-order valence-electron chi connectivity index (χ2n) is 10.2. The molecule has 16 heteroatoms. The average Bonchev–Trinajstić information content (AvgIpc) is 2.99. The van der Waals surface area contributed by atoms with Crippen molar-refractivity contribution in [1.82, 2.24) is 14.8 Å². The van der Waals surface area contributed by atoms with Crippen LogP contribution in [0.5, 0.6) is 0 Å². The van der Waals surface area contributed by atoms with Gasteiger partial charge in [-0.15, -0.1) is 13.2 Å². The lowest BCUT2D eigenvalue weighted by molar-refractivity contribution is -0.384.